The van der Waals surface area contributed by atoms with E-state index in [-0.39, 0.29) is 57.1 Å². The Kier molecular flexibility index (Phi) is 19.4. The number of hydrogen-bond donors (Lipinski definition) is 8. The molecule has 0 saturated heterocycles. The number of rotatable bonds is 21. The zero-order chi connectivity index (χ0) is 41.8. The molecule has 0 bridgehead atoms. The molecule has 2 rings (SSSR count). The topological polar surface area (TPSA) is 282 Å². The molecule has 0 aliphatic heterocycles. The maximum absolute atomic E-state index is 13.6. The molecule has 17 nitrogen and oxygen atoms in total. The van der Waals surface area contributed by atoms with Crippen molar-refractivity contribution in [2.24, 2.45) is 28.1 Å². The lowest BCUT2D eigenvalue weighted by atomic mass is 10.0. The van der Waals surface area contributed by atoms with Crippen molar-refractivity contribution in [2.45, 2.75) is 83.5 Å². The fraction of sp³-hybridized carbons (Fsp3) is 0.421. The van der Waals surface area contributed by atoms with E-state index in [1.807, 2.05) is 13.8 Å². The third-order valence-electron chi connectivity index (χ3n) is 8.20. The number of aliphatic carboxylic acids is 1. The lowest BCUT2D eigenvalue weighted by Crippen LogP contribution is -2.55. The van der Waals surface area contributed by atoms with E-state index in [0.717, 1.165) is 25.1 Å². The average Bonchev–Trinajstić information content (AvgIpc) is 3.13. The van der Waals surface area contributed by atoms with Crippen LogP contribution in [0.5, 0.6) is 0 Å². The van der Waals surface area contributed by atoms with Gasteiger partial charge in [-0.25, -0.2) is 14.0 Å². The molecule has 56 heavy (non-hydrogen) atoms. The Morgan fingerprint density at radius 2 is 1.52 bits per heavy atom. The number of carbonyl (C=O) groups is 7. The Morgan fingerprint density at radius 3 is 2.11 bits per heavy atom. The molecule has 4 atom stereocenters. The normalized spacial score (nSPS) is 13.1. The van der Waals surface area contributed by atoms with Crippen molar-refractivity contribution in [2.75, 3.05) is 13.1 Å². The number of nitrogens with two attached hydrogens (primary N) is 3. The molecule has 0 aliphatic rings. The number of carboxylic acids is 1. The van der Waals surface area contributed by atoms with Crippen LogP contribution >= 0.6 is 0 Å². The number of benzene rings is 2. The largest absolute Gasteiger partial charge is 0.480 e. The van der Waals surface area contributed by atoms with E-state index in [1.54, 1.807) is 30.3 Å². The number of imide groups is 2. The molecule has 0 spiro atoms. The maximum atomic E-state index is 13.6. The first-order valence-corrected chi connectivity index (χ1v) is 18.0. The van der Waals surface area contributed by atoms with Crippen molar-refractivity contribution in [3.05, 3.63) is 77.6 Å². The van der Waals surface area contributed by atoms with Gasteiger partial charge in [-0.05, 0) is 67.4 Å². The van der Waals surface area contributed by atoms with Gasteiger partial charge in [0.2, 0.25) is 17.7 Å². The Balaban J connectivity index is 2.05. The molecular formula is C38H52FN9O8. The summed E-state index contributed by atoms with van der Waals surface area (Å²) >= 11 is 0. The zero-order valence-corrected chi connectivity index (χ0v) is 31.7. The third-order valence-corrected chi connectivity index (χ3v) is 8.20. The quantitative estimate of drug-likeness (QED) is 0.0381. The molecule has 0 saturated carbocycles. The van der Waals surface area contributed by atoms with Crippen LogP contribution in [0.2, 0.25) is 0 Å². The molecule has 2 aromatic carbocycles. The Bertz CT molecular complexity index is 1720. The smallest absolute Gasteiger partial charge is 0.326 e. The first kappa shape index (κ1) is 46.0. The van der Waals surface area contributed by atoms with Crippen LogP contribution in [0, 0.1) is 11.7 Å². The molecule has 7 amide bonds. The molecule has 0 aromatic heterocycles. The first-order chi connectivity index (χ1) is 26.5. The number of halogens is 1. The molecule has 4 unspecified atom stereocenters. The van der Waals surface area contributed by atoms with Gasteiger partial charge in [0, 0.05) is 32.5 Å². The van der Waals surface area contributed by atoms with Gasteiger partial charge in [-0.15, -0.1) is 0 Å². The Morgan fingerprint density at radius 1 is 0.875 bits per heavy atom. The van der Waals surface area contributed by atoms with Gasteiger partial charge in [-0.2, -0.15) is 0 Å². The highest BCUT2D eigenvalue weighted by atomic mass is 19.1. The standard InChI is InChI=1S/C38H52FN9O8/c1-23(2)21-30(46-33(51)28(40)11-7-19-43-37(41)42)34(52)45-29(36(54)55)12-8-20-44-38(56)47-35(53)31(22-26-13-16-27(39)17-14-26)48(24(3)49)32(50)18-15-25-9-5-4-6-10-25/h4-6,9-10,13-18,23,28-31H,7-8,11-12,19-22,40H2,1-3H3,(H,45,52)(H,46,51)(H,54,55)(H4,41,42,43)(H2,44,47,53,56)/b18-15+. The summed E-state index contributed by atoms with van der Waals surface area (Å²) in [5.41, 5.74) is 17.6. The molecule has 0 fully saturated rings. The predicted molar refractivity (Wildman–Crippen MR) is 207 cm³/mol. The number of amides is 7. The zero-order valence-electron chi connectivity index (χ0n) is 31.7. The number of carboxylic acid groups (broad SMARTS) is 1. The summed E-state index contributed by atoms with van der Waals surface area (Å²) in [7, 11) is 0. The monoisotopic (exact) mass is 781 g/mol. The third kappa shape index (κ3) is 16.9. The fourth-order valence-electron chi connectivity index (χ4n) is 5.39. The average molecular weight is 782 g/mol. The molecule has 0 heterocycles. The summed E-state index contributed by atoms with van der Waals surface area (Å²) in [4.78, 5) is 94.7. The van der Waals surface area contributed by atoms with Crippen LogP contribution in [0.25, 0.3) is 6.08 Å². The number of nitrogens with zero attached hydrogens (tertiary/aromatic N) is 2. The predicted octanol–water partition coefficient (Wildman–Crippen LogP) is 0.913. The number of urea groups is 1. The summed E-state index contributed by atoms with van der Waals surface area (Å²) in [6.45, 7) is 4.85. The van der Waals surface area contributed by atoms with Crippen molar-refractivity contribution in [1.82, 2.24) is 26.2 Å². The highest BCUT2D eigenvalue weighted by Crippen LogP contribution is 2.14. The number of guanidine groups is 1. The van der Waals surface area contributed by atoms with Crippen LogP contribution in [0.1, 0.15) is 64.0 Å². The second-order valence-corrected chi connectivity index (χ2v) is 13.4. The van der Waals surface area contributed by atoms with E-state index >= 15 is 0 Å². The summed E-state index contributed by atoms with van der Waals surface area (Å²) in [5.74, 6) is -6.02. The summed E-state index contributed by atoms with van der Waals surface area (Å²) in [6.07, 6.45) is 3.06. The fourth-order valence-corrected chi connectivity index (χ4v) is 5.39. The van der Waals surface area contributed by atoms with Crippen LogP contribution in [0.15, 0.2) is 65.7 Å². The van der Waals surface area contributed by atoms with Crippen molar-refractivity contribution >= 4 is 53.6 Å². The maximum Gasteiger partial charge on any atom is 0.326 e. The lowest BCUT2D eigenvalue weighted by molar-refractivity contribution is -0.148. The van der Waals surface area contributed by atoms with Gasteiger partial charge in [0.25, 0.3) is 11.8 Å². The molecule has 2 aromatic rings. The van der Waals surface area contributed by atoms with Gasteiger partial charge in [-0.3, -0.25) is 39.2 Å². The van der Waals surface area contributed by atoms with Crippen molar-refractivity contribution < 1.29 is 43.1 Å². The first-order valence-electron chi connectivity index (χ1n) is 18.0. The van der Waals surface area contributed by atoms with E-state index in [9.17, 15) is 43.1 Å². The molecule has 0 radical (unpaired) electrons. The minimum Gasteiger partial charge on any atom is -0.480 e. The van der Waals surface area contributed by atoms with Crippen LogP contribution in [-0.4, -0.2) is 94.8 Å². The van der Waals surface area contributed by atoms with E-state index in [1.165, 1.54) is 18.2 Å². The van der Waals surface area contributed by atoms with Gasteiger partial charge in [0.1, 0.15) is 23.9 Å². The molecular weight excluding hydrogens is 729 g/mol. The van der Waals surface area contributed by atoms with E-state index in [0.29, 0.717) is 22.4 Å². The highest BCUT2D eigenvalue weighted by molar-refractivity contribution is 6.07. The van der Waals surface area contributed by atoms with Crippen molar-refractivity contribution in [1.29, 1.82) is 0 Å². The highest BCUT2D eigenvalue weighted by Gasteiger charge is 2.33. The number of hydrogen-bond acceptors (Lipinski definition) is 9. The summed E-state index contributed by atoms with van der Waals surface area (Å²) in [5, 5.41) is 19.4. The molecule has 11 N–H and O–H groups in total. The SMILES string of the molecule is CC(=O)N(C(=O)/C=C/c1ccccc1)C(Cc1ccc(F)cc1)C(=O)NC(=O)NCCCC(NC(=O)C(CC(C)C)NC(=O)C(N)CCCN=C(N)N)C(=O)O. The van der Waals surface area contributed by atoms with Crippen LogP contribution in [0.3, 0.4) is 0 Å². The Labute approximate surface area is 324 Å². The summed E-state index contributed by atoms with van der Waals surface area (Å²) < 4.78 is 13.6. The van der Waals surface area contributed by atoms with E-state index < -0.39 is 71.5 Å². The minimum atomic E-state index is -1.51. The lowest BCUT2D eigenvalue weighted by Gasteiger charge is -2.27. The minimum absolute atomic E-state index is 0.0298. The van der Waals surface area contributed by atoms with Crippen LogP contribution in [0.4, 0.5) is 9.18 Å². The Hall–Kier alpha value is -6.17. The van der Waals surface area contributed by atoms with Crippen LogP contribution in [-0.2, 0) is 35.2 Å². The van der Waals surface area contributed by atoms with Gasteiger partial charge < -0.3 is 38.3 Å². The van der Waals surface area contributed by atoms with Crippen molar-refractivity contribution in [3.63, 3.8) is 0 Å². The van der Waals surface area contributed by atoms with Gasteiger partial charge in [-0.1, -0.05) is 56.3 Å². The number of aliphatic imine (C=N–C) groups is 1. The number of nitrogens with one attached hydrogen (secondary N) is 4. The molecule has 0 aliphatic carbocycles. The van der Waals surface area contributed by atoms with Crippen LogP contribution < -0.4 is 38.5 Å². The molecule has 304 valence electrons. The number of carbonyl (C=O) groups excluding carboxylic acids is 6. The van der Waals surface area contributed by atoms with E-state index in [2.05, 4.69) is 26.3 Å². The second kappa shape index (κ2) is 23.6. The van der Waals surface area contributed by atoms with Gasteiger partial charge >= 0.3 is 12.0 Å². The van der Waals surface area contributed by atoms with Gasteiger partial charge in [0.15, 0.2) is 5.96 Å². The molecule has 18 heteroatoms. The van der Waals surface area contributed by atoms with E-state index in [4.69, 9.17) is 17.2 Å². The summed E-state index contributed by atoms with van der Waals surface area (Å²) in [6, 6.07) is 7.83. The van der Waals surface area contributed by atoms with Gasteiger partial charge in [0.05, 0.1) is 6.04 Å². The van der Waals surface area contributed by atoms with Crippen molar-refractivity contribution in [3.8, 4) is 0 Å². The second-order valence-electron chi connectivity index (χ2n) is 13.4.